The molecule has 1 aromatic heterocycles. The van der Waals surface area contributed by atoms with Gasteiger partial charge in [-0.3, -0.25) is 18.5 Å². The summed E-state index contributed by atoms with van der Waals surface area (Å²) in [6, 6.07) is 6.37. The van der Waals surface area contributed by atoms with Crippen LogP contribution in [-0.4, -0.2) is 55.6 Å². The molecule has 0 saturated carbocycles. The summed E-state index contributed by atoms with van der Waals surface area (Å²) in [4.78, 5) is 26.1. The minimum absolute atomic E-state index is 0.0282. The number of esters is 1. The molecule has 0 amide bonds. The predicted molar refractivity (Wildman–Crippen MR) is 139 cm³/mol. The summed E-state index contributed by atoms with van der Waals surface area (Å²) in [6.45, 7) is 7.14. The summed E-state index contributed by atoms with van der Waals surface area (Å²) >= 11 is 0. The van der Waals surface area contributed by atoms with Crippen molar-refractivity contribution in [3.63, 3.8) is 0 Å². The van der Waals surface area contributed by atoms with Gasteiger partial charge in [-0.25, -0.2) is 9.18 Å². The normalized spacial score (nSPS) is 12.1. The van der Waals surface area contributed by atoms with Gasteiger partial charge in [-0.2, -0.15) is 0 Å². The average Bonchev–Trinajstić information content (AvgIpc) is 2.85. The Labute approximate surface area is 221 Å². The molecule has 14 heteroatoms. The van der Waals surface area contributed by atoms with Gasteiger partial charge in [-0.1, -0.05) is 0 Å². The molecule has 0 aliphatic carbocycles. The third-order valence-electron chi connectivity index (χ3n) is 4.99. The number of benzene rings is 1. The third-order valence-corrected chi connectivity index (χ3v) is 10.9. The zero-order valence-electron chi connectivity index (χ0n) is 22.1. The molecule has 0 saturated heterocycles. The van der Waals surface area contributed by atoms with Crippen LogP contribution < -0.4 is 10.3 Å². The molecule has 0 aliphatic rings. The summed E-state index contributed by atoms with van der Waals surface area (Å²) in [5.74, 6) is -1.70. The molecule has 0 unspecified atom stereocenters. The Morgan fingerprint density at radius 3 is 1.79 bits per heavy atom. The average molecular weight is 577 g/mol. The molecule has 0 bridgehead atoms. The highest BCUT2D eigenvalue weighted by atomic mass is 31.2. The van der Waals surface area contributed by atoms with Crippen LogP contribution in [0.3, 0.4) is 0 Å². The molecular weight excluding hydrogens is 543 g/mol. The molecule has 11 nitrogen and oxygen atoms in total. The number of pyridine rings is 1. The molecule has 1 aromatic carbocycles. The lowest BCUT2D eigenvalue weighted by Gasteiger charge is -2.31. The smallest absolute Gasteiger partial charge is 0.349 e. The predicted octanol–water partition coefficient (Wildman–Crippen LogP) is 5.39. The van der Waals surface area contributed by atoms with Gasteiger partial charge in [-0.15, -0.1) is 0 Å². The van der Waals surface area contributed by atoms with E-state index in [4.69, 9.17) is 27.6 Å². The number of nitrogens with zero attached hydrogens (tertiary/aromatic N) is 1. The van der Waals surface area contributed by atoms with Crippen molar-refractivity contribution >= 4 is 21.2 Å². The number of ether oxygens (including phenoxy) is 2. The highest BCUT2D eigenvalue weighted by molar-refractivity contribution is 7.72. The Balaban J connectivity index is 2.61. The number of carbonyl (C=O) groups excluding carboxylic acids is 1. The highest BCUT2D eigenvalue weighted by Crippen LogP contribution is 2.70. The summed E-state index contributed by atoms with van der Waals surface area (Å²) < 4.78 is 74.5. The first-order valence-corrected chi connectivity index (χ1v) is 15.4. The molecule has 2 aromatic rings. The maximum absolute atomic E-state index is 13.7. The van der Waals surface area contributed by atoms with E-state index >= 15 is 0 Å². The van der Waals surface area contributed by atoms with Gasteiger partial charge in [0.1, 0.15) is 18.2 Å². The Morgan fingerprint density at radius 1 is 0.842 bits per heavy atom. The van der Waals surface area contributed by atoms with Crippen molar-refractivity contribution in [2.75, 3.05) is 39.6 Å². The first kappa shape index (κ1) is 31.9. The lowest BCUT2D eigenvalue weighted by Crippen LogP contribution is -2.29. The van der Waals surface area contributed by atoms with Gasteiger partial charge in [0.15, 0.2) is 11.0 Å². The zero-order valence-corrected chi connectivity index (χ0v) is 23.9. The standard InChI is InChI=1S/C24H34FNO10P2/c1-6-31-24(28)22-20(15-16-26(23(22)27)19-13-11-18(25)12-14-19)32-17-21(37(29,33-7-2)34-8-3)38(30,35-9-4)36-10-5/h11-16,21H,6-10,17H2,1-5H3. The van der Waals surface area contributed by atoms with Crippen LogP contribution in [0.15, 0.2) is 41.3 Å². The van der Waals surface area contributed by atoms with Crippen molar-refractivity contribution in [1.29, 1.82) is 0 Å². The van der Waals surface area contributed by atoms with E-state index in [1.807, 2.05) is 0 Å². The maximum Gasteiger partial charge on any atom is 0.349 e. The minimum Gasteiger partial charge on any atom is -0.491 e. The van der Waals surface area contributed by atoms with E-state index < -0.39 is 50.1 Å². The molecule has 1 heterocycles. The first-order valence-electron chi connectivity index (χ1n) is 12.2. The van der Waals surface area contributed by atoms with E-state index in [-0.39, 0.29) is 38.8 Å². The Morgan fingerprint density at radius 2 is 1.34 bits per heavy atom. The summed E-state index contributed by atoms with van der Waals surface area (Å²) in [6.07, 6.45) is 1.32. The molecule has 0 spiro atoms. The van der Waals surface area contributed by atoms with E-state index in [2.05, 4.69) is 0 Å². The number of rotatable bonds is 16. The van der Waals surface area contributed by atoms with Crippen molar-refractivity contribution < 1.29 is 45.9 Å². The lowest BCUT2D eigenvalue weighted by molar-refractivity contribution is 0.0519. The fourth-order valence-corrected chi connectivity index (χ4v) is 8.47. The summed E-state index contributed by atoms with van der Waals surface area (Å²) in [7, 11) is -8.29. The Kier molecular flexibility index (Phi) is 12.4. The monoisotopic (exact) mass is 577 g/mol. The topological polar surface area (TPSA) is 129 Å². The van der Waals surface area contributed by atoms with Crippen molar-refractivity contribution in [2.24, 2.45) is 0 Å². The Bertz CT molecular complexity index is 1170. The van der Waals surface area contributed by atoms with Crippen LogP contribution in [0.4, 0.5) is 4.39 Å². The molecule has 2 rings (SSSR count). The van der Waals surface area contributed by atoms with Crippen molar-refractivity contribution in [3.05, 3.63) is 58.3 Å². The van der Waals surface area contributed by atoms with Gasteiger partial charge in [0.25, 0.3) is 5.56 Å². The molecule has 0 fully saturated rings. The zero-order chi connectivity index (χ0) is 28.3. The van der Waals surface area contributed by atoms with Crippen molar-refractivity contribution in [1.82, 2.24) is 4.57 Å². The van der Waals surface area contributed by atoms with E-state index in [1.54, 1.807) is 34.6 Å². The minimum atomic E-state index is -4.15. The number of hydrogen-bond acceptors (Lipinski definition) is 10. The second-order valence-electron chi connectivity index (χ2n) is 7.47. The van der Waals surface area contributed by atoms with Crippen molar-refractivity contribution in [3.8, 4) is 11.4 Å². The fourth-order valence-electron chi connectivity index (χ4n) is 3.49. The number of hydrogen-bond donors (Lipinski definition) is 0. The van der Waals surface area contributed by atoms with Crippen LogP contribution in [0, 0.1) is 5.82 Å². The second-order valence-corrected chi connectivity index (χ2v) is 12.3. The van der Waals surface area contributed by atoms with E-state index in [0.29, 0.717) is 5.69 Å². The van der Waals surface area contributed by atoms with Gasteiger partial charge in [0.2, 0.25) is 0 Å². The molecule has 0 atom stereocenters. The molecule has 0 aliphatic heterocycles. The van der Waals surface area contributed by atoms with Gasteiger partial charge >= 0.3 is 21.2 Å². The summed E-state index contributed by atoms with van der Waals surface area (Å²) in [5.41, 5.74) is -0.983. The molecule has 0 N–H and O–H groups in total. The fraction of sp³-hybridized carbons (Fsp3) is 0.500. The highest BCUT2D eigenvalue weighted by Gasteiger charge is 2.51. The van der Waals surface area contributed by atoms with Crippen LogP contribution in [0.25, 0.3) is 5.69 Å². The second kappa shape index (κ2) is 14.7. The van der Waals surface area contributed by atoms with Crippen LogP contribution in [0.1, 0.15) is 45.0 Å². The molecular formula is C24H34FNO10P2. The first-order chi connectivity index (χ1) is 18.1. The van der Waals surface area contributed by atoms with Crippen LogP contribution in [0.5, 0.6) is 5.75 Å². The maximum atomic E-state index is 13.7. The van der Waals surface area contributed by atoms with Gasteiger partial charge < -0.3 is 27.6 Å². The SMILES string of the molecule is CCOC(=O)c1c(OCC(P(=O)(OCC)OCC)P(=O)(OCC)OCC)ccn(-c2ccc(F)cc2)c1=O. The van der Waals surface area contributed by atoms with Crippen LogP contribution in [-0.2, 0) is 32.0 Å². The quantitative estimate of drug-likeness (QED) is 0.189. The summed E-state index contributed by atoms with van der Waals surface area (Å²) in [5, 5.41) is -1.54. The number of carbonyl (C=O) groups is 1. The van der Waals surface area contributed by atoms with Crippen molar-refractivity contribution in [2.45, 2.75) is 40.0 Å². The Hall–Kier alpha value is -2.33. The van der Waals surface area contributed by atoms with Gasteiger partial charge in [-0.05, 0) is 65.0 Å². The van der Waals surface area contributed by atoms with E-state index in [1.165, 1.54) is 36.5 Å². The number of aromatic nitrogens is 1. The largest absolute Gasteiger partial charge is 0.491 e. The molecule has 0 radical (unpaired) electrons. The van der Waals surface area contributed by atoms with Crippen LogP contribution >= 0.6 is 15.2 Å². The number of halogens is 1. The van der Waals surface area contributed by atoms with Crippen LogP contribution in [0.2, 0.25) is 0 Å². The van der Waals surface area contributed by atoms with E-state index in [9.17, 15) is 23.1 Å². The van der Waals surface area contributed by atoms with Gasteiger partial charge in [0, 0.05) is 11.9 Å². The van der Waals surface area contributed by atoms with E-state index in [0.717, 1.165) is 4.57 Å². The molecule has 38 heavy (non-hydrogen) atoms. The molecule has 212 valence electrons. The third kappa shape index (κ3) is 7.62. The van der Waals surface area contributed by atoms with Gasteiger partial charge in [0.05, 0.1) is 33.0 Å². The lowest BCUT2D eigenvalue weighted by atomic mass is 10.2.